The molecule has 2 aliphatic heterocycles. The summed E-state index contributed by atoms with van der Waals surface area (Å²) in [7, 11) is -2.12. The van der Waals surface area contributed by atoms with Crippen LogP contribution in [0.15, 0.2) is 47.4 Å². The lowest BCUT2D eigenvalue weighted by Crippen LogP contribution is -2.22. The third-order valence-corrected chi connectivity index (χ3v) is 7.85. The van der Waals surface area contributed by atoms with Crippen LogP contribution in [-0.4, -0.2) is 49.1 Å². The Morgan fingerprint density at radius 1 is 1.14 bits per heavy atom. The molecule has 0 amide bonds. The van der Waals surface area contributed by atoms with Crippen LogP contribution in [-0.2, 0) is 10.0 Å². The zero-order valence-electron chi connectivity index (χ0n) is 16.3. The fourth-order valence-electron chi connectivity index (χ4n) is 4.67. The molecule has 152 valence electrons. The van der Waals surface area contributed by atoms with Gasteiger partial charge in [0.05, 0.1) is 29.3 Å². The number of fused-ring (bicyclic) bond motifs is 5. The van der Waals surface area contributed by atoms with Crippen molar-refractivity contribution < 1.29 is 18.3 Å². The molecule has 0 aliphatic carbocycles. The van der Waals surface area contributed by atoms with Gasteiger partial charge >= 0.3 is 0 Å². The van der Waals surface area contributed by atoms with Gasteiger partial charge < -0.3 is 14.7 Å². The molecule has 1 aromatic heterocycles. The van der Waals surface area contributed by atoms with E-state index in [0.29, 0.717) is 39.4 Å². The Kier molecular flexibility index (Phi) is 4.42. The molecular weight excluding hydrogens is 388 g/mol. The maximum atomic E-state index is 13.3. The first-order valence-corrected chi connectivity index (χ1v) is 11.4. The molecule has 1 unspecified atom stereocenters. The van der Waals surface area contributed by atoms with Crippen molar-refractivity contribution in [3.05, 3.63) is 48.0 Å². The third kappa shape index (κ3) is 2.79. The molecule has 2 aliphatic rings. The van der Waals surface area contributed by atoms with Gasteiger partial charge in [0, 0.05) is 23.1 Å². The van der Waals surface area contributed by atoms with Crippen LogP contribution in [0, 0.1) is 0 Å². The summed E-state index contributed by atoms with van der Waals surface area (Å²) in [5, 5.41) is 11.9. The lowest BCUT2D eigenvalue weighted by atomic mass is 9.98. The molecule has 0 bridgehead atoms. The number of likely N-dealkylation sites (tertiary alicyclic amines) is 1. The van der Waals surface area contributed by atoms with E-state index >= 15 is 0 Å². The molecule has 3 aromatic rings. The second kappa shape index (κ2) is 6.86. The van der Waals surface area contributed by atoms with E-state index in [1.54, 1.807) is 31.4 Å². The topological polar surface area (TPSA) is 71.8 Å². The highest BCUT2D eigenvalue weighted by atomic mass is 32.2. The van der Waals surface area contributed by atoms with Gasteiger partial charge in [0.25, 0.3) is 10.0 Å². The number of rotatable bonds is 5. The first kappa shape index (κ1) is 18.7. The standard InChI is InChI=1S/C22H24N2O4S/c1-28-15-8-9-18-17(14-15)21(19(25)10-13-23-11-4-5-12-23)22-16-6-2-3-7-20(16)29(26,27)24(18)22/h2-3,6-9,14,19,25H,4-5,10-13H2,1H3. The highest BCUT2D eigenvalue weighted by molar-refractivity contribution is 7.90. The largest absolute Gasteiger partial charge is 0.497 e. The molecule has 1 N–H and O–H groups in total. The number of benzene rings is 2. The molecule has 29 heavy (non-hydrogen) atoms. The van der Waals surface area contributed by atoms with Crippen molar-refractivity contribution in [2.75, 3.05) is 26.7 Å². The molecule has 1 fully saturated rings. The number of hydrogen-bond acceptors (Lipinski definition) is 5. The summed E-state index contributed by atoms with van der Waals surface area (Å²) in [6.07, 6.45) is 2.20. The summed E-state index contributed by atoms with van der Waals surface area (Å²) in [6, 6.07) is 12.4. The molecule has 7 heteroatoms. The second-order valence-corrected chi connectivity index (χ2v) is 9.52. The Morgan fingerprint density at radius 3 is 2.66 bits per heavy atom. The maximum absolute atomic E-state index is 13.3. The molecule has 2 aromatic carbocycles. The van der Waals surface area contributed by atoms with Gasteiger partial charge in [0.15, 0.2) is 0 Å². The van der Waals surface area contributed by atoms with Crippen LogP contribution in [0.25, 0.3) is 22.2 Å². The van der Waals surface area contributed by atoms with Crippen molar-refractivity contribution in [3.8, 4) is 17.0 Å². The monoisotopic (exact) mass is 412 g/mol. The minimum absolute atomic E-state index is 0.292. The molecule has 6 nitrogen and oxygen atoms in total. The quantitative estimate of drug-likeness (QED) is 0.544. The van der Waals surface area contributed by atoms with Crippen molar-refractivity contribution in [1.82, 2.24) is 8.87 Å². The van der Waals surface area contributed by atoms with Crippen molar-refractivity contribution in [2.45, 2.75) is 30.3 Å². The van der Waals surface area contributed by atoms with Gasteiger partial charge in [-0.25, -0.2) is 12.4 Å². The predicted molar refractivity (Wildman–Crippen MR) is 112 cm³/mol. The Bertz CT molecular complexity index is 1190. The van der Waals surface area contributed by atoms with Gasteiger partial charge in [-0.3, -0.25) is 0 Å². The van der Waals surface area contributed by atoms with Gasteiger partial charge in [0.1, 0.15) is 5.75 Å². The molecule has 1 atom stereocenters. The smallest absolute Gasteiger partial charge is 0.269 e. The average molecular weight is 413 g/mol. The molecule has 0 radical (unpaired) electrons. The Balaban J connectivity index is 1.71. The van der Waals surface area contributed by atoms with Crippen LogP contribution >= 0.6 is 0 Å². The lowest BCUT2D eigenvalue weighted by molar-refractivity contribution is 0.150. The average Bonchev–Trinajstić information content (AvgIpc) is 3.41. The summed E-state index contributed by atoms with van der Waals surface area (Å²) in [4.78, 5) is 2.65. The Hall–Kier alpha value is -2.35. The van der Waals surface area contributed by atoms with Crippen LogP contribution in [0.2, 0.25) is 0 Å². The minimum atomic E-state index is -3.70. The van der Waals surface area contributed by atoms with Gasteiger partial charge in [-0.15, -0.1) is 0 Å². The molecule has 1 saturated heterocycles. The van der Waals surface area contributed by atoms with Gasteiger partial charge in [0.2, 0.25) is 0 Å². The summed E-state index contributed by atoms with van der Waals surface area (Å²) >= 11 is 0. The number of aromatic nitrogens is 1. The summed E-state index contributed by atoms with van der Waals surface area (Å²) in [5.74, 6) is 0.639. The number of methoxy groups -OCH3 is 1. The van der Waals surface area contributed by atoms with Crippen molar-refractivity contribution in [2.24, 2.45) is 0 Å². The van der Waals surface area contributed by atoms with E-state index in [2.05, 4.69) is 4.90 Å². The van der Waals surface area contributed by atoms with Crippen LogP contribution in [0.3, 0.4) is 0 Å². The fourth-order valence-corrected chi connectivity index (χ4v) is 6.42. The SMILES string of the molecule is COc1ccc2c(c1)c(C(O)CCN1CCCC1)c1n2S(=O)(=O)c2ccccc2-1. The first-order chi connectivity index (χ1) is 14.0. The normalized spacial score (nSPS) is 18.7. The fraction of sp³-hybridized carbons (Fsp3) is 0.364. The van der Waals surface area contributed by atoms with Crippen LogP contribution in [0.1, 0.15) is 30.9 Å². The van der Waals surface area contributed by atoms with Crippen LogP contribution in [0.5, 0.6) is 5.75 Å². The maximum Gasteiger partial charge on any atom is 0.269 e. The first-order valence-electron chi connectivity index (χ1n) is 10.00. The number of aliphatic hydroxyl groups excluding tert-OH is 1. The van der Waals surface area contributed by atoms with E-state index in [-0.39, 0.29) is 0 Å². The highest BCUT2D eigenvalue weighted by Gasteiger charge is 2.38. The van der Waals surface area contributed by atoms with E-state index in [1.165, 1.54) is 16.8 Å². The van der Waals surface area contributed by atoms with E-state index in [0.717, 1.165) is 25.0 Å². The Labute approximate surface area is 170 Å². The molecule has 0 saturated carbocycles. The van der Waals surface area contributed by atoms with E-state index < -0.39 is 16.1 Å². The van der Waals surface area contributed by atoms with Gasteiger partial charge in [-0.1, -0.05) is 18.2 Å². The van der Waals surface area contributed by atoms with Crippen molar-refractivity contribution in [1.29, 1.82) is 0 Å². The minimum Gasteiger partial charge on any atom is -0.497 e. The molecule has 3 heterocycles. The zero-order chi connectivity index (χ0) is 20.2. The highest BCUT2D eigenvalue weighted by Crippen LogP contribution is 2.48. The summed E-state index contributed by atoms with van der Waals surface area (Å²) < 4.78 is 33.3. The van der Waals surface area contributed by atoms with Crippen molar-refractivity contribution in [3.63, 3.8) is 0 Å². The predicted octanol–water partition coefficient (Wildman–Crippen LogP) is 3.39. The number of nitrogens with zero attached hydrogens (tertiary/aromatic N) is 2. The zero-order valence-corrected chi connectivity index (χ0v) is 17.2. The van der Waals surface area contributed by atoms with Crippen LogP contribution < -0.4 is 4.74 Å². The number of ether oxygens (including phenoxy) is 1. The third-order valence-electron chi connectivity index (χ3n) is 6.08. The number of aliphatic hydroxyl groups is 1. The van der Waals surface area contributed by atoms with Crippen molar-refractivity contribution >= 4 is 20.9 Å². The molecular formula is C22H24N2O4S. The van der Waals surface area contributed by atoms with E-state index in [4.69, 9.17) is 4.74 Å². The number of hydrogen-bond donors (Lipinski definition) is 1. The summed E-state index contributed by atoms with van der Waals surface area (Å²) in [5.41, 5.74) is 2.48. The van der Waals surface area contributed by atoms with Gasteiger partial charge in [-0.2, -0.15) is 0 Å². The van der Waals surface area contributed by atoms with E-state index in [9.17, 15) is 13.5 Å². The molecule has 0 spiro atoms. The summed E-state index contributed by atoms with van der Waals surface area (Å²) in [6.45, 7) is 2.92. The van der Waals surface area contributed by atoms with Crippen LogP contribution in [0.4, 0.5) is 0 Å². The lowest BCUT2D eigenvalue weighted by Gasteiger charge is -2.18. The Morgan fingerprint density at radius 2 is 1.90 bits per heavy atom. The van der Waals surface area contributed by atoms with E-state index in [1.807, 2.05) is 18.2 Å². The van der Waals surface area contributed by atoms with Gasteiger partial charge in [-0.05, 0) is 56.6 Å². The molecule has 5 rings (SSSR count). The second-order valence-electron chi connectivity index (χ2n) is 7.76.